The maximum atomic E-state index is 12.1. The summed E-state index contributed by atoms with van der Waals surface area (Å²) in [5.41, 5.74) is 1.45. The van der Waals surface area contributed by atoms with Gasteiger partial charge in [-0.15, -0.1) is 0 Å². The predicted octanol–water partition coefficient (Wildman–Crippen LogP) is 9.11. The van der Waals surface area contributed by atoms with Gasteiger partial charge < -0.3 is 9.47 Å². The molecule has 2 aromatic rings. The van der Waals surface area contributed by atoms with Gasteiger partial charge in [0.15, 0.2) is 0 Å². The summed E-state index contributed by atoms with van der Waals surface area (Å²) in [7, 11) is 0. The normalized spacial score (nSPS) is 11.1. The fourth-order valence-corrected chi connectivity index (χ4v) is 3.59. The molecule has 0 unspecified atom stereocenters. The Kier molecular flexibility index (Phi) is 13.6. The summed E-state index contributed by atoms with van der Waals surface area (Å²) >= 11 is 0. The second-order valence-electron chi connectivity index (χ2n) is 8.38. The van der Waals surface area contributed by atoms with Gasteiger partial charge in [0.2, 0.25) is 0 Å². The number of ether oxygens (including phenoxy) is 2. The van der Waals surface area contributed by atoms with Crippen molar-refractivity contribution in [1.82, 2.24) is 0 Å². The average molecular weight is 453 g/mol. The quantitative estimate of drug-likeness (QED) is 0.104. The highest BCUT2D eigenvalue weighted by Crippen LogP contribution is 2.23. The van der Waals surface area contributed by atoms with Crippen LogP contribution in [0, 0.1) is 0 Å². The van der Waals surface area contributed by atoms with E-state index in [-0.39, 0.29) is 5.97 Å². The molecule has 2 aromatic carbocycles. The molecule has 0 heterocycles. The van der Waals surface area contributed by atoms with Crippen LogP contribution in [0.25, 0.3) is 0 Å². The van der Waals surface area contributed by atoms with Gasteiger partial charge in [-0.05, 0) is 61.9 Å². The van der Waals surface area contributed by atoms with E-state index in [4.69, 9.17) is 9.47 Å². The number of carbonyl (C=O) groups is 1. The van der Waals surface area contributed by atoms with Crippen molar-refractivity contribution in [3.05, 3.63) is 48.5 Å². The molecule has 33 heavy (non-hydrogen) atoms. The topological polar surface area (TPSA) is 60.2 Å². The first-order chi connectivity index (χ1) is 16.2. The molecule has 2 rings (SSSR count). The summed E-state index contributed by atoms with van der Waals surface area (Å²) in [6.07, 6.45) is 14.4. The van der Waals surface area contributed by atoms with E-state index in [2.05, 4.69) is 17.2 Å². The van der Waals surface area contributed by atoms with Crippen molar-refractivity contribution in [3.8, 4) is 11.5 Å². The molecule has 0 aliphatic heterocycles. The van der Waals surface area contributed by atoms with Crippen LogP contribution >= 0.6 is 0 Å². The van der Waals surface area contributed by atoms with Gasteiger partial charge in [-0.3, -0.25) is 4.79 Å². The maximum Gasteiger partial charge on any atom is 0.311 e. The van der Waals surface area contributed by atoms with Crippen LogP contribution in [-0.4, -0.2) is 12.6 Å². The summed E-state index contributed by atoms with van der Waals surface area (Å²) < 4.78 is 10.9. The fourth-order valence-electron chi connectivity index (χ4n) is 3.59. The number of hydrogen-bond acceptors (Lipinski definition) is 5. The maximum absolute atomic E-state index is 12.1. The van der Waals surface area contributed by atoms with Crippen LogP contribution in [0.15, 0.2) is 58.8 Å². The summed E-state index contributed by atoms with van der Waals surface area (Å²) in [5, 5.41) is 8.45. The van der Waals surface area contributed by atoms with E-state index in [0.29, 0.717) is 24.5 Å². The second-order valence-corrected chi connectivity index (χ2v) is 8.38. The second kappa shape index (κ2) is 16.9. The van der Waals surface area contributed by atoms with Crippen molar-refractivity contribution >= 4 is 17.3 Å². The van der Waals surface area contributed by atoms with Gasteiger partial charge in [0.05, 0.1) is 18.0 Å². The molecule has 180 valence electrons. The van der Waals surface area contributed by atoms with Crippen molar-refractivity contribution in [2.75, 3.05) is 6.61 Å². The zero-order valence-electron chi connectivity index (χ0n) is 20.4. The van der Waals surface area contributed by atoms with Crippen LogP contribution in [0.1, 0.15) is 90.9 Å². The van der Waals surface area contributed by atoms with Gasteiger partial charge in [0.1, 0.15) is 11.5 Å². The highest BCUT2D eigenvalue weighted by atomic mass is 16.5. The van der Waals surface area contributed by atoms with E-state index < -0.39 is 0 Å². The number of hydrogen-bond donors (Lipinski definition) is 0. The van der Waals surface area contributed by atoms with Gasteiger partial charge in [-0.25, -0.2) is 0 Å². The smallest absolute Gasteiger partial charge is 0.311 e. The highest BCUT2D eigenvalue weighted by Gasteiger charge is 2.05. The number of unbranched alkanes of at least 4 members (excludes halogenated alkanes) is 10. The van der Waals surface area contributed by atoms with Crippen molar-refractivity contribution in [2.24, 2.45) is 10.2 Å². The lowest BCUT2D eigenvalue weighted by Crippen LogP contribution is -2.07. The summed E-state index contributed by atoms with van der Waals surface area (Å²) in [6, 6.07) is 14.6. The van der Waals surface area contributed by atoms with Crippen molar-refractivity contribution < 1.29 is 14.3 Å². The van der Waals surface area contributed by atoms with Gasteiger partial charge in [-0.1, -0.05) is 71.1 Å². The van der Waals surface area contributed by atoms with Crippen LogP contribution < -0.4 is 9.47 Å². The summed E-state index contributed by atoms with van der Waals surface area (Å²) in [6.45, 7) is 4.84. The number of carbonyl (C=O) groups excluding carboxylic acids is 1. The Morgan fingerprint density at radius 3 is 1.58 bits per heavy atom. The minimum Gasteiger partial charge on any atom is -0.494 e. The van der Waals surface area contributed by atoms with Crippen molar-refractivity contribution in [2.45, 2.75) is 90.9 Å². The van der Waals surface area contributed by atoms with E-state index in [1.54, 1.807) is 24.3 Å². The zero-order valence-corrected chi connectivity index (χ0v) is 20.4. The van der Waals surface area contributed by atoms with E-state index in [0.717, 1.165) is 24.3 Å². The average Bonchev–Trinajstić information content (AvgIpc) is 2.83. The molecular weight excluding hydrogens is 412 g/mol. The molecule has 0 bridgehead atoms. The molecule has 0 amide bonds. The van der Waals surface area contributed by atoms with Gasteiger partial charge in [0, 0.05) is 6.42 Å². The Morgan fingerprint density at radius 1 is 0.636 bits per heavy atom. The largest absolute Gasteiger partial charge is 0.494 e. The number of rotatable bonds is 17. The molecule has 0 aromatic heterocycles. The molecule has 0 aliphatic rings. The molecule has 0 atom stereocenters. The Balaban J connectivity index is 1.58. The first-order valence-electron chi connectivity index (χ1n) is 12.7. The summed E-state index contributed by atoms with van der Waals surface area (Å²) in [5.74, 6) is 1.19. The lowest BCUT2D eigenvalue weighted by molar-refractivity contribution is -0.134. The monoisotopic (exact) mass is 452 g/mol. The first-order valence-corrected chi connectivity index (χ1v) is 12.7. The molecule has 0 saturated carbocycles. The number of nitrogens with zero attached hydrogens (tertiary/aromatic N) is 2. The lowest BCUT2D eigenvalue weighted by atomic mass is 10.1. The van der Waals surface area contributed by atoms with E-state index in [1.165, 1.54) is 57.8 Å². The standard InChI is InChI=1S/C28H40N2O3/c1-3-5-6-7-8-9-10-11-12-13-14-15-28(31)33-27-22-18-25(19-23-27)30-29-24-16-20-26(21-17-24)32-4-2/h16-23H,3-15H2,1-2H3. The third-order valence-corrected chi connectivity index (χ3v) is 5.48. The number of esters is 1. The fraction of sp³-hybridized carbons (Fsp3) is 0.536. The van der Waals surface area contributed by atoms with E-state index in [1.807, 2.05) is 31.2 Å². The molecular formula is C28H40N2O3. The van der Waals surface area contributed by atoms with Crippen LogP contribution in [0.3, 0.4) is 0 Å². The van der Waals surface area contributed by atoms with Crippen LogP contribution in [0.5, 0.6) is 11.5 Å². The molecule has 0 aliphatic carbocycles. The van der Waals surface area contributed by atoms with Crippen LogP contribution in [0.2, 0.25) is 0 Å². The highest BCUT2D eigenvalue weighted by molar-refractivity contribution is 5.72. The minimum absolute atomic E-state index is 0.172. The van der Waals surface area contributed by atoms with Gasteiger partial charge in [0.25, 0.3) is 0 Å². The predicted molar refractivity (Wildman–Crippen MR) is 135 cm³/mol. The Hall–Kier alpha value is -2.69. The molecule has 5 heteroatoms. The molecule has 0 fully saturated rings. The van der Waals surface area contributed by atoms with Gasteiger partial charge in [-0.2, -0.15) is 10.2 Å². The van der Waals surface area contributed by atoms with E-state index >= 15 is 0 Å². The summed E-state index contributed by atoms with van der Waals surface area (Å²) in [4.78, 5) is 12.1. The third kappa shape index (κ3) is 12.2. The molecule has 0 N–H and O–H groups in total. The molecule has 0 spiro atoms. The van der Waals surface area contributed by atoms with Crippen molar-refractivity contribution in [3.63, 3.8) is 0 Å². The zero-order chi connectivity index (χ0) is 23.6. The SMILES string of the molecule is CCCCCCCCCCCCCC(=O)Oc1ccc(N=Nc2ccc(OCC)cc2)cc1. The molecule has 0 saturated heterocycles. The van der Waals surface area contributed by atoms with Crippen LogP contribution in [0.4, 0.5) is 11.4 Å². The third-order valence-electron chi connectivity index (χ3n) is 5.48. The number of azo groups is 1. The van der Waals surface area contributed by atoms with Crippen LogP contribution in [-0.2, 0) is 4.79 Å². The van der Waals surface area contributed by atoms with E-state index in [9.17, 15) is 4.79 Å². The Morgan fingerprint density at radius 2 is 1.09 bits per heavy atom. The number of benzene rings is 2. The Labute approximate surface area is 199 Å². The Bertz CT molecular complexity index is 801. The lowest BCUT2D eigenvalue weighted by Gasteiger charge is -2.05. The van der Waals surface area contributed by atoms with Crippen molar-refractivity contribution in [1.29, 1.82) is 0 Å². The molecule has 0 radical (unpaired) electrons. The minimum atomic E-state index is -0.172. The molecule has 5 nitrogen and oxygen atoms in total. The first kappa shape index (κ1) is 26.6. The van der Waals surface area contributed by atoms with Gasteiger partial charge >= 0.3 is 5.97 Å².